The Bertz CT molecular complexity index is 516. The van der Waals surface area contributed by atoms with Crippen LogP contribution in [0.5, 0.6) is 0 Å². The van der Waals surface area contributed by atoms with Gasteiger partial charge in [-0.15, -0.1) is 0 Å². The molecule has 1 heterocycles. The molecule has 1 aliphatic heterocycles. The van der Waals surface area contributed by atoms with Gasteiger partial charge in [-0.1, -0.05) is 24.6 Å². The number of halogens is 2. The van der Waals surface area contributed by atoms with Crippen molar-refractivity contribution in [3.8, 4) is 0 Å². The van der Waals surface area contributed by atoms with Crippen LogP contribution in [-0.4, -0.2) is 17.7 Å². The van der Waals surface area contributed by atoms with Crippen LogP contribution in [0, 0.1) is 9.49 Å². The molecule has 0 radical (unpaired) electrons. The van der Waals surface area contributed by atoms with Crippen LogP contribution >= 0.6 is 34.2 Å². The molecule has 1 aromatic rings. The van der Waals surface area contributed by atoms with Gasteiger partial charge in [-0.2, -0.15) is 0 Å². The smallest absolute Gasteiger partial charge is 0.0681 e. The van der Waals surface area contributed by atoms with Gasteiger partial charge in [-0.3, -0.25) is 0 Å². The van der Waals surface area contributed by atoms with Gasteiger partial charge in [-0.05, 0) is 80.9 Å². The van der Waals surface area contributed by atoms with E-state index in [0.29, 0.717) is 5.92 Å². The molecule has 1 N–H and O–H groups in total. The van der Waals surface area contributed by atoms with Crippen molar-refractivity contribution in [3.05, 3.63) is 32.4 Å². The topological polar surface area (TPSA) is 21.3 Å². The quantitative estimate of drug-likeness (QED) is 0.676. The Kier molecular flexibility index (Phi) is 5.29. The minimum absolute atomic E-state index is 0.0746. The molecule has 0 aliphatic carbocycles. The summed E-state index contributed by atoms with van der Waals surface area (Å²) in [6, 6.07) is 6.64. The maximum absolute atomic E-state index is 6.33. The molecule has 0 bridgehead atoms. The second-order valence-corrected chi connectivity index (χ2v) is 8.55. The Morgan fingerprint density at radius 2 is 2.05 bits per heavy atom. The van der Waals surface area contributed by atoms with Gasteiger partial charge < -0.3 is 10.1 Å². The number of benzene rings is 1. The van der Waals surface area contributed by atoms with Crippen LogP contribution < -0.4 is 5.32 Å². The highest BCUT2D eigenvalue weighted by atomic mass is 127. The van der Waals surface area contributed by atoms with Gasteiger partial charge in [0.25, 0.3) is 0 Å². The van der Waals surface area contributed by atoms with Crippen LogP contribution in [0.1, 0.15) is 52.6 Å². The van der Waals surface area contributed by atoms with Gasteiger partial charge in [0.2, 0.25) is 0 Å². The van der Waals surface area contributed by atoms with Crippen LogP contribution in [0.25, 0.3) is 0 Å². The standard InChI is InChI=1S/C17H25ClINO/c1-6-20-15(11-7-8-14(19)13(18)9-11)12-10-16(2,3)21-17(12,4)5/h7-9,12,15,20H,6,10H2,1-5H3. The third-order valence-electron chi connectivity index (χ3n) is 4.27. The van der Waals surface area contributed by atoms with Crippen molar-refractivity contribution in [1.29, 1.82) is 0 Å². The lowest BCUT2D eigenvalue weighted by atomic mass is 9.79. The zero-order valence-corrected chi connectivity index (χ0v) is 16.4. The van der Waals surface area contributed by atoms with Crippen molar-refractivity contribution in [2.75, 3.05) is 6.54 Å². The first kappa shape index (κ1) is 17.5. The molecule has 2 atom stereocenters. The SMILES string of the molecule is CCNC(c1ccc(I)c(Cl)c1)C1CC(C)(C)OC1(C)C. The van der Waals surface area contributed by atoms with E-state index < -0.39 is 0 Å². The van der Waals surface area contributed by atoms with Gasteiger partial charge in [0, 0.05) is 15.5 Å². The lowest BCUT2D eigenvalue weighted by Gasteiger charge is -2.34. The summed E-state index contributed by atoms with van der Waals surface area (Å²) in [4.78, 5) is 0. The predicted octanol–water partition coefficient (Wildman–Crippen LogP) is 5.19. The summed E-state index contributed by atoms with van der Waals surface area (Å²) in [5, 5.41) is 4.47. The number of hydrogen-bond donors (Lipinski definition) is 1. The van der Waals surface area contributed by atoms with Crippen LogP contribution in [0.3, 0.4) is 0 Å². The molecule has 4 heteroatoms. The summed E-state index contributed by atoms with van der Waals surface area (Å²) in [7, 11) is 0. The number of nitrogens with one attached hydrogen (secondary N) is 1. The Balaban J connectivity index is 2.36. The van der Waals surface area contributed by atoms with Crippen molar-refractivity contribution in [2.45, 2.75) is 58.3 Å². The van der Waals surface area contributed by atoms with Crippen molar-refractivity contribution in [1.82, 2.24) is 5.32 Å². The first-order valence-corrected chi connectivity index (χ1v) is 9.00. The summed E-state index contributed by atoms with van der Waals surface area (Å²) >= 11 is 8.59. The molecule has 0 aromatic heterocycles. The molecule has 1 saturated heterocycles. The molecule has 2 unspecified atom stereocenters. The van der Waals surface area contributed by atoms with E-state index in [9.17, 15) is 0 Å². The molecule has 2 rings (SSSR count). The maximum atomic E-state index is 6.33. The lowest BCUT2D eigenvalue weighted by Crippen LogP contribution is -2.38. The minimum Gasteiger partial charge on any atom is -0.369 e. The highest BCUT2D eigenvalue weighted by molar-refractivity contribution is 14.1. The normalized spacial score (nSPS) is 25.0. The maximum Gasteiger partial charge on any atom is 0.0681 e. The third kappa shape index (κ3) is 3.92. The van der Waals surface area contributed by atoms with Crippen molar-refractivity contribution >= 4 is 34.2 Å². The van der Waals surface area contributed by atoms with Crippen molar-refractivity contribution in [2.24, 2.45) is 5.92 Å². The molecule has 1 aromatic carbocycles. The molecule has 0 amide bonds. The van der Waals surface area contributed by atoms with Gasteiger partial charge in [0.1, 0.15) is 0 Å². The number of ether oxygens (including phenoxy) is 1. The monoisotopic (exact) mass is 421 g/mol. The Morgan fingerprint density at radius 1 is 1.38 bits per heavy atom. The van der Waals surface area contributed by atoms with Gasteiger partial charge in [0.15, 0.2) is 0 Å². The second kappa shape index (κ2) is 6.34. The summed E-state index contributed by atoms with van der Waals surface area (Å²) < 4.78 is 7.37. The van der Waals surface area contributed by atoms with Gasteiger partial charge >= 0.3 is 0 Å². The fourth-order valence-electron chi connectivity index (χ4n) is 3.54. The average Bonchev–Trinajstić information content (AvgIpc) is 2.58. The van der Waals surface area contributed by atoms with Crippen LogP contribution in [0.15, 0.2) is 18.2 Å². The third-order valence-corrected chi connectivity index (χ3v) is 5.85. The molecule has 21 heavy (non-hydrogen) atoms. The zero-order valence-electron chi connectivity index (χ0n) is 13.5. The molecule has 2 nitrogen and oxygen atoms in total. The summed E-state index contributed by atoms with van der Waals surface area (Å²) in [5.41, 5.74) is 1.03. The van der Waals surface area contributed by atoms with E-state index in [2.05, 4.69) is 80.7 Å². The van der Waals surface area contributed by atoms with Crippen LogP contribution in [0.4, 0.5) is 0 Å². The summed E-state index contributed by atoms with van der Waals surface area (Å²) in [5.74, 6) is 0.420. The van der Waals surface area contributed by atoms with Gasteiger partial charge in [-0.25, -0.2) is 0 Å². The fraction of sp³-hybridized carbons (Fsp3) is 0.647. The molecule has 0 spiro atoms. The summed E-state index contributed by atoms with van der Waals surface area (Å²) in [6.07, 6.45) is 1.04. The Morgan fingerprint density at radius 3 is 2.52 bits per heavy atom. The predicted molar refractivity (Wildman–Crippen MR) is 97.9 cm³/mol. The molecule has 0 saturated carbocycles. The lowest BCUT2D eigenvalue weighted by molar-refractivity contribution is -0.0778. The molecule has 1 fully saturated rings. The molecular formula is C17H25ClINO. The van der Waals surface area contributed by atoms with Crippen molar-refractivity contribution < 1.29 is 4.74 Å². The highest BCUT2D eigenvalue weighted by Gasteiger charge is 2.49. The molecule has 1 aliphatic rings. The Hall–Kier alpha value is 0.160. The minimum atomic E-state index is -0.147. The zero-order chi connectivity index (χ0) is 15.8. The highest BCUT2D eigenvalue weighted by Crippen LogP contribution is 2.47. The average molecular weight is 422 g/mol. The van der Waals surface area contributed by atoms with E-state index in [1.807, 2.05) is 0 Å². The van der Waals surface area contributed by atoms with E-state index in [-0.39, 0.29) is 17.2 Å². The van der Waals surface area contributed by atoms with E-state index in [1.54, 1.807) is 0 Å². The number of hydrogen-bond acceptors (Lipinski definition) is 2. The second-order valence-electron chi connectivity index (χ2n) is 6.98. The summed E-state index contributed by atoms with van der Waals surface area (Å²) in [6.45, 7) is 11.8. The largest absolute Gasteiger partial charge is 0.369 e. The first-order valence-electron chi connectivity index (χ1n) is 7.55. The van der Waals surface area contributed by atoms with E-state index in [0.717, 1.165) is 21.6 Å². The van der Waals surface area contributed by atoms with Crippen molar-refractivity contribution in [3.63, 3.8) is 0 Å². The van der Waals surface area contributed by atoms with Gasteiger partial charge in [0.05, 0.1) is 16.2 Å². The van der Waals surface area contributed by atoms with E-state index in [4.69, 9.17) is 16.3 Å². The number of rotatable bonds is 4. The van der Waals surface area contributed by atoms with Crippen LogP contribution in [-0.2, 0) is 4.74 Å². The van der Waals surface area contributed by atoms with Crippen LogP contribution in [0.2, 0.25) is 5.02 Å². The Labute approximate surface area is 147 Å². The first-order chi connectivity index (χ1) is 9.66. The fourth-order valence-corrected chi connectivity index (χ4v) is 4.07. The molecular weight excluding hydrogens is 397 g/mol. The van der Waals surface area contributed by atoms with E-state index in [1.165, 1.54) is 5.56 Å². The van der Waals surface area contributed by atoms with E-state index >= 15 is 0 Å². The molecule has 118 valence electrons.